The molecule has 0 aliphatic carbocycles. The molecule has 0 unspecified atom stereocenters. The second-order valence-corrected chi connectivity index (χ2v) is 5.25. The quantitative estimate of drug-likeness (QED) is 0.615. The molecule has 0 bridgehead atoms. The number of aliphatic hydroxyl groups excluding tert-OH is 1. The molecule has 1 atom stereocenters. The average molecular weight is 255 g/mol. The van der Waals surface area contributed by atoms with Crippen LogP contribution in [0.4, 0.5) is 0 Å². The number of nitrogens with zero attached hydrogens (tertiary/aromatic N) is 1. The van der Waals surface area contributed by atoms with Crippen LogP contribution < -0.4 is 0 Å². The van der Waals surface area contributed by atoms with Crippen molar-refractivity contribution in [3.63, 3.8) is 0 Å². The van der Waals surface area contributed by atoms with Crippen molar-refractivity contribution in [3.05, 3.63) is 23.8 Å². The maximum Gasteiger partial charge on any atom is 0.249 e. The van der Waals surface area contributed by atoms with Crippen molar-refractivity contribution in [2.45, 2.75) is 26.3 Å². The molecule has 1 heterocycles. The lowest BCUT2D eigenvalue weighted by molar-refractivity contribution is -0.129. The first kappa shape index (κ1) is 14.3. The zero-order valence-electron chi connectivity index (χ0n) is 10.6. The van der Waals surface area contributed by atoms with E-state index in [1.165, 1.54) is 0 Å². The first-order valence-corrected chi connectivity index (χ1v) is 7.19. The summed E-state index contributed by atoms with van der Waals surface area (Å²) in [6.45, 7) is 4.68. The van der Waals surface area contributed by atoms with Crippen LogP contribution in [0.1, 0.15) is 20.3 Å². The molecule has 3 nitrogen and oxygen atoms in total. The third-order valence-electron chi connectivity index (χ3n) is 2.75. The molecule has 1 N–H and O–H groups in total. The summed E-state index contributed by atoms with van der Waals surface area (Å²) in [5.74, 6) is 1.84. The molecule has 1 rings (SSSR count). The van der Waals surface area contributed by atoms with Gasteiger partial charge in [-0.3, -0.25) is 4.79 Å². The van der Waals surface area contributed by atoms with Crippen molar-refractivity contribution in [3.8, 4) is 0 Å². The van der Waals surface area contributed by atoms with Crippen LogP contribution in [0.5, 0.6) is 0 Å². The number of rotatable bonds is 4. The van der Waals surface area contributed by atoms with Crippen LogP contribution >= 0.6 is 11.8 Å². The molecule has 1 amide bonds. The number of thioether (sulfide) groups is 1. The van der Waals surface area contributed by atoms with Crippen molar-refractivity contribution in [1.29, 1.82) is 0 Å². The third-order valence-corrected chi connectivity index (χ3v) is 3.85. The number of carbonyl (C=O) groups is 1. The highest BCUT2D eigenvalue weighted by molar-refractivity contribution is 7.99. The van der Waals surface area contributed by atoms with Crippen LogP contribution in [0.15, 0.2) is 23.8 Å². The molecular formula is C13H21NO2S. The summed E-state index contributed by atoms with van der Waals surface area (Å²) in [6.07, 6.45) is 6.76. The lowest BCUT2D eigenvalue weighted by Crippen LogP contribution is -2.48. The summed E-state index contributed by atoms with van der Waals surface area (Å²) in [6, 6.07) is -0.0280. The Balaban J connectivity index is 2.66. The molecular weight excluding hydrogens is 234 g/mol. The van der Waals surface area contributed by atoms with Crippen LogP contribution in [-0.2, 0) is 4.79 Å². The molecule has 1 fully saturated rings. The first-order chi connectivity index (χ1) is 8.20. The number of aliphatic hydroxyl groups is 1. The van der Waals surface area contributed by atoms with Crippen LogP contribution in [-0.4, -0.2) is 46.6 Å². The highest BCUT2D eigenvalue weighted by Gasteiger charge is 2.26. The predicted octanol–water partition coefficient (Wildman–Crippen LogP) is 1.84. The van der Waals surface area contributed by atoms with Crippen molar-refractivity contribution < 1.29 is 9.90 Å². The normalized spacial score (nSPS) is 22.2. The number of hydrogen-bond acceptors (Lipinski definition) is 3. The van der Waals surface area contributed by atoms with E-state index in [0.717, 1.165) is 30.0 Å². The van der Waals surface area contributed by atoms with E-state index in [1.54, 1.807) is 16.7 Å². The van der Waals surface area contributed by atoms with Crippen LogP contribution in [0.25, 0.3) is 0 Å². The Labute approximate surface area is 108 Å². The maximum atomic E-state index is 12.2. The van der Waals surface area contributed by atoms with E-state index < -0.39 is 0 Å². The molecule has 0 radical (unpaired) electrons. The van der Waals surface area contributed by atoms with E-state index in [9.17, 15) is 9.90 Å². The van der Waals surface area contributed by atoms with E-state index in [2.05, 4.69) is 6.92 Å². The second-order valence-electron chi connectivity index (χ2n) is 4.10. The topological polar surface area (TPSA) is 40.5 Å². The van der Waals surface area contributed by atoms with Crippen molar-refractivity contribution in [1.82, 2.24) is 4.90 Å². The molecule has 1 saturated heterocycles. The van der Waals surface area contributed by atoms with Crippen molar-refractivity contribution in [2.75, 3.05) is 24.7 Å². The highest BCUT2D eigenvalue weighted by atomic mass is 32.2. The third kappa shape index (κ3) is 4.21. The standard InChI is InChI=1S/C13H21NO2S/c1-3-4-5-6-11(2)13(16)14-7-8-17-10-12(14)9-15/h4-6,12,15H,3,7-10H2,1-2H3/b5-4-,11-6+/t12-/m1/s1. The summed E-state index contributed by atoms with van der Waals surface area (Å²) in [4.78, 5) is 14.0. The number of amides is 1. The largest absolute Gasteiger partial charge is 0.394 e. The zero-order chi connectivity index (χ0) is 12.7. The van der Waals surface area contributed by atoms with Crippen molar-refractivity contribution in [2.24, 2.45) is 0 Å². The smallest absolute Gasteiger partial charge is 0.249 e. The SMILES string of the molecule is CC/C=C\C=C(/C)C(=O)N1CCSC[C@H]1CO. The van der Waals surface area contributed by atoms with Gasteiger partial charge in [-0.2, -0.15) is 11.8 Å². The van der Waals surface area contributed by atoms with Gasteiger partial charge in [-0.1, -0.05) is 25.2 Å². The Kier molecular flexibility index (Phi) is 6.37. The monoisotopic (exact) mass is 255 g/mol. The van der Waals surface area contributed by atoms with E-state index in [0.29, 0.717) is 0 Å². The summed E-state index contributed by atoms with van der Waals surface area (Å²) >= 11 is 1.79. The van der Waals surface area contributed by atoms with Gasteiger partial charge in [0.2, 0.25) is 5.91 Å². The maximum absolute atomic E-state index is 12.2. The van der Waals surface area contributed by atoms with Gasteiger partial charge in [0.25, 0.3) is 0 Å². The highest BCUT2D eigenvalue weighted by Crippen LogP contribution is 2.18. The van der Waals surface area contributed by atoms with Gasteiger partial charge >= 0.3 is 0 Å². The fourth-order valence-corrected chi connectivity index (χ4v) is 2.77. The molecule has 96 valence electrons. The Bertz CT molecular complexity index is 313. The fourth-order valence-electron chi connectivity index (χ4n) is 1.72. The Morgan fingerprint density at radius 1 is 1.59 bits per heavy atom. The lowest BCUT2D eigenvalue weighted by Gasteiger charge is -2.34. The first-order valence-electron chi connectivity index (χ1n) is 6.03. The van der Waals surface area contributed by atoms with E-state index in [1.807, 2.05) is 25.2 Å². The summed E-state index contributed by atoms with van der Waals surface area (Å²) in [5.41, 5.74) is 0.736. The molecule has 1 aliphatic heterocycles. The van der Waals surface area contributed by atoms with Gasteiger partial charge in [0.15, 0.2) is 0 Å². The molecule has 1 aliphatic rings. The van der Waals surface area contributed by atoms with Gasteiger partial charge in [0.05, 0.1) is 12.6 Å². The summed E-state index contributed by atoms with van der Waals surface area (Å²) in [5, 5.41) is 9.27. The Morgan fingerprint density at radius 3 is 3.00 bits per heavy atom. The average Bonchev–Trinajstić information content (AvgIpc) is 2.38. The van der Waals surface area contributed by atoms with Gasteiger partial charge in [0, 0.05) is 23.6 Å². The van der Waals surface area contributed by atoms with Gasteiger partial charge in [-0.25, -0.2) is 0 Å². The lowest BCUT2D eigenvalue weighted by atomic mass is 10.2. The number of hydrogen-bond donors (Lipinski definition) is 1. The molecule has 0 aromatic heterocycles. The minimum absolute atomic E-state index is 0.0280. The van der Waals surface area contributed by atoms with Crippen LogP contribution in [0, 0.1) is 0 Å². The molecule has 0 saturated carbocycles. The minimum atomic E-state index is -0.0280. The van der Waals surface area contributed by atoms with E-state index >= 15 is 0 Å². The van der Waals surface area contributed by atoms with E-state index in [-0.39, 0.29) is 18.6 Å². The fraction of sp³-hybridized carbons (Fsp3) is 0.615. The zero-order valence-corrected chi connectivity index (χ0v) is 11.4. The minimum Gasteiger partial charge on any atom is -0.394 e. The number of carbonyl (C=O) groups excluding carboxylic acids is 1. The molecule has 0 spiro atoms. The van der Waals surface area contributed by atoms with Gasteiger partial charge in [0.1, 0.15) is 0 Å². The predicted molar refractivity (Wildman–Crippen MR) is 73.1 cm³/mol. The summed E-state index contributed by atoms with van der Waals surface area (Å²) in [7, 11) is 0. The van der Waals surface area contributed by atoms with Crippen molar-refractivity contribution >= 4 is 17.7 Å². The van der Waals surface area contributed by atoms with Crippen LogP contribution in [0.3, 0.4) is 0 Å². The molecule has 0 aromatic rings. The van der Waals surface area contributed by atoms with Gasteiger partial charge in [-0.15, -0.1) is 0 Å². The Morgan fingerprint density at radius 2 is 2.35 bits per heavy atom. The molecule has 17 heavy (non-hydrogen) atoms. The van der Waals surface area contributed by atoms with Gasteiger partial charge in [-0.05, 0) is 13.3 Å². The van der Waals surface area contributed by atoms with Gasteiger partial charge < -0.3 is 10.0 Å². The number of allylic oxidation sites excluding steroid dienone is 3. The van der Waals surface area contributed by atoms with E-state index in [4.69, 9.17) is 0 Å². The Hall–Kier alpha value is -0.740. The molecule has 4 heteroatoms. The second kappa shape index (κ2) is 7.56. The van der Waals surface area contributed by atoms with Crippen LogP contribution in [0.2, 0.25) is 0 Å². The summed E-state index contributed by atoms with van der Waals surface area (Å²) < 4.78 is 0. The molecule has 0 aromatic carbocycles.